The van der Waals surface area contributed by atoms with Gasteiger partial charge in [0.25, 0.3) is 17.7 Å². The number of carboxylic acid groups (broad SMARTS) is 3. The van der Waals surface area contributed by atoms with Gasteiger partial charge >= 0.3 is 23.9 Å². The number of carbonyl (C=O) groups is 7. The first-order valence-corrected chi connectivity index (χ1v) is 18.6. The van der Waals surface area contributed by atoms with Crippen LogP contribution in [0, 0.1) is 13.8 Å². The number of hydrogen-bond acceptors (Lipinski definition) is 8. The number of carboxylic acids is 3. The van der Waals surface area contributed by atoms with Gasteiger partial charge in [0.1, 0.15) is 12.3 Å². The molecule has 13 N–H and O–H groups in total. The first-order chi connectivity index (χ1) is 28.7. The molecule has 0 unspecified atom stereocenters. The fourth-order valence-corrected chi connectivity index (χ4v) is 6.48. The van der Waals surface area contributed by atoms with Crippen molar-refractivity contribution in [3.05, 3.63) is 134 Å². The number of amides is 5. The van der Waals surface area contributed by atoms with Crippen molar-refractivity contribution < 1.29 is 54.0 Å². The number of aromatic amines is 2. The number of phenolic OH excluding ortho intramolecular Hbond substituents is 1. The number of hydrogen-bond donors (Lipinski definition) is 11. The molecule has 0 saturated carbocycles. The van der Waals surface area contributed by atoms with Crippen LogP contribution in [0.3, 0.4) is 0 Å². The van der Waals surface area contributed by atoms with Gasteiger partial charge in [-0.15, -0.1) is 0 Å². The molecule has 5 amide bonds. The van der Waals surface area contributed by atoms with E-state index in [1.807, 2.05) is 32.9 Å². The molecule has 18 nitrogen and oxygen atoms in total. The van der Waals surface area contributed by atoms with Crippen molar-refractivity contribution in [2.75, 3.05) is 6.54 Å². The van der Waals surface area contributed by atoms with E-state index in [0.29, 0.717) is 40.1 Å². The Balaban J connectivity index is 0.000000458. The summed E-state index contributed by atoms with van der Waals surface area (Å²) in [6.07, 6.45) is 7.58. The summed E-state index contributed by atoms with van der Waals surface area (Å²) in [5, 5.41) is 44.0. The van der Waals surface area contributed by atoms with Gasteiger partial charge in [0.15, 0.2) is 0 Å². The molecule has 0 saturated heterocycles. The summed E-state index contributed by atoms with van der Waals surface area (Å²) < 4.78 is 0. The van der Waals surface area contributed by atoms with E-state index in [1.165, 1.54) is 30.3 Å². The minimum absolute atomic E-state index is 0.0554. The van der Waals surface area contributed by atoms with Crippen LogP contribution in [0.15, 0.2) is 83.3 Å². The van der Waals surface area contributed by atoms with Crippen molar-refractivity contribution in [2.24, 2.45) is 11.5 Å². The second-order valence-electron chi connectivity index (χ2n) is 13.7. The van der Waals surface area contributed by atoms with Crippen LogP contribution in [0.2, 0.25) is 0 Å². The molecular formula is C43H49N7O11. The summed E-state index contributed by atoms with van der Waals surface area (Å²) in [7, 11) is 0. The Morgan fingerprint density at radius 2 is 1.15 bits per heavy atom. The molecular weight excluding hydrogens is 791 g/mol. The minimum atomic E-state index is -1.10. The number of rotatable bonds is 15. The SMILES string of the molecule is C=CC1=C(C)/C(=C/c2[nH]c(Cc3[nH]c(/C=C4\NC(=O)C(C)=C4C=C)c(C)c3CCC(=O)O)c(CCC(=O)O)c2C)NC1=O.NC(N)=O.O=C(O)CNC(=O)c1ccc(O)cc1. The van der Waals surface area contributed by atoms with Crippen molar-refractivity contribution in [3.63, 3.8) is 0 Å². The number of phenols is 1. The Kier molecular flexibility index (Phi) is 16.5. The summed E-state index contributed by atoms with van der Waals surface area (Å²) in [5.41, 5.74) is 19.0. The second kappa shape index (κ2) is 21.2. The molecule has 0 aliphatic carbocycles. The summed E-state index contributed by atoms with van der Waals surface area (Å²) in [6, 6.07) is 4.70. The van der Waals surface area contributed by atoms with Gasteiger partial charge in [-0.1, -0.05) is 25.3 Å². The van der Waals surface area contributed by atoms with E-state index in [-0.39, 0.29) is 43.2 Å². The van der Waals surface area contributed by atoms with Crippen LogP contribution >= 0.6 is 0 Å². The third kappa shape index (κ3) is 12.8. The Morgan fingerprint density at radius 3 is 1.57 bits per heavy atom. The highest BCUT2D eigenvalue weighted by atomic mass is 16.4. The first-order valence-electron chi connectivity index (χ1n) is 18.6. The van der Waals surface area contributed by atoms with E-state index in [9.17, 15) is 39.0 Å². The molecule has 0 fully saturated rings. The molecule has 5 rings (SSSR count). The third-order valence-corrected chi connectivity index (χ3v) is 9.64. The fraction of sp³-hybridized carbons (Fsp3) is 0.233. The molecule has 61 heavy (non-hydrogen) atoms. The lowest BCUT2D eigenvalue weighted by molar-refractivity contribution is -0.138. The number of nitrogens with two attached hydrogens (primary N) is 2. The van der Waals surface area contributed by atoms with Crippen LogP contribution in [0.5, 0.6) is 5.75 Å². The lowest BCUT2D eigenvalue weighted by Crippen LogP contribution is -2.29. The van der Waals surface area contributed by atoms with Crippen molar-refractivity contribution in [2.45, 2.75) is 59.8 Å². The molecule has 1 aromatic carbocycles. The van der Waals surface area contributed by atoms with E-state index in [0.717, 1.165) is 50.6 Å². The van der Waals surface area contributed by atoms with Crippen LogP contribution in [-0.2, 0) is 43.2 Å². The maximum Gasteiger partial charge on any atom is 0.322 e. The number of nitrogens with one attached hydrogen (secondary N) is 5. The minimum Gasteiger partial charge on any atom is -0.508 e. The topological polar surface area (TPSA) is 320 Å². The molecule has 0 atom stereocenters. The number of H-pyrrole nitrogens is 2. The monoisotopic (exact) mass is 839 g/mol. The van der Waals surface area contributed by atoms with Crippen LogP contribution < -0.4 is 27.4 Å². The Bertz CT molecular complexity index is 2400. The number of aromatic hydroxyl groups is 1. The van der Waals surface area contributed by atoms with Crippen molar-refractivity contribution >= 4 is 53.8 Å². The summed E-state index contributed by atoms with van der Waals surface area (Å²) >= 11 is 0. The molecule has 3 aromatic rings. The van der Waals surface area contributed by atoms with Crippen LogP contribution in [-0.4, -0.2) is 78.6 Å². The van der Waals surface area contributed by atoms with E-state index in [2.05, 4.69) is 50.5 Å². The van der Waals surface area contributed by atoms with Gasteiger partial charge in [0.2, 0.25) is 0 Å². The van der Waals surface area contributed by atoms with E-state index in [4.69, 9.17) is 15.0 Å². The highest BCUT2D eigenvalue weighted by Gasteiger charge is 2.25. The van der Waals surface area contributed by atoms with Gasteiger partial charge in [0.05, 0.1) is 5.70 Å². The second-order valence-corrected chi connectivity index (χ2v) is 13.7. The highest BCUT2D eigenvalue weighted by molar-refractivity contribution is 6.03. The lowest BCUT2D eigenvalue weighted by Gasteiger charge is -2.07. The lowest BCUT2D eigenvalue weighted by atomic mass is 9.98. The molecule has 322 valence electrons. The molecule has 0 radical (unpaired) electrons. The van der Waals surface area contributed by atoms with Crippen LogP contribution in [0.4, 0.5) is 4.79 Å². The standard InChI is InChI=1S/C33H36N4O6.C9H9NO4.CH4N2O/c1-7-20-19(6)32(42)37-27(20)14-25-18(5)23(10-12-31(40)41)29(35-25)15-28-22(9-11-30(38)39)17(4)24(34-28)13-26-16(3)21(8-2)33(43)36-26;11-7-3-1-6(2-4-7)9(14)10-5-8(12)13;2-1(3)4/h7-8,13-14,34-35H,1-2,9-12,15H2,3-6H3,(H,36,43)(H,37,42)(H,38,39)(H,40,41);1-4,11H,5H2,(H,10,14)(H,12,13);(H4,2,3,4)/b26-13-,27-14-;;. The van der Waals surface area contributed by atoms with E-state index in [1.54, 1.807) is 13.0 Å². The smallest absolute Gasteiger partial charge is 0.322 e. The average Bonchev–Trinajstić information content (AvgIpc) is 3.83. The number of aliphatic carboxylic acids is 3. The van der Waals surface area contributed by atoms with Gasteiger partial charge in [-0.2, -0.15) is 0 Å². The normalized spacial score (nSPS) is 14.4. The maximum atomic E-state index is 12.3. The molecule has 18 heteroatoms. The number of allylic oxidation sites excluding steroid dienone is 2. The molecule has 0 spiro atoms. The fourth-order valence-electron chi connectivity index (χ4n) is 6.48. The largest absolute Gasteiger partial charge is 0.508 e. The van der Waals surface area contributed by atoms with Crippen molar-refractivity contribution in [1.82, 2.24) is 25.9 Å². The highest BCUT2D eigenvalue weighted by Crippen LogP contribution is 2.31. The predicted molar refractivity (Wildman–Crippen MR) is 226 cm³/mol. The van der Waals surface area contributed by atoms with E-state index < -0.39 is 36.4 Å². The maximum absolute atomic E-state index is 12.3. The number of aromatic nitrogens is 2. The van der Waals surface area contributed by atoms with Crippen LogP contribution in [0.1, 0.15) is 82.1 Å². The first kappa shape index (κ1) is 47.5. The number of carbonyl (C=O) groups excluding carboxylic acids is 4. The zero-order valence-corrected chi connectivity index (χ0v) is 34.1. The van der Waals surface area contributed by atoms with Crippen LogP contribution in [0.25, 0.3) is 12.2 Å². The molecule has 4 heterocycles. The summed E-state index contributed by atoms with van der Waals surface area (Å²) in [4.78, 5) is 84.9. The summed E-state index contributed by atoms with van der Waals surface area (Å²) in [6.45, 7) is 14.5. The van der Waals surface area contributed by atoms with E-state index >= 15 is 0 Å². The summed E-state index contributed by atoms with van der Waals surface area (Å²) in [5.74, 6) is -3.80. The Hall–Kier alpha value is -7.89. The quantitative estimate of drug-likeness (QED) is 0.105. The molecule has 2 aromatic heterocycles. The van der Waals surface area contributed by atoms with Crippen molar-refractivity contribution in [1.29, 1.82) is 0 Å². The van der Waals surface area contributed by atoms with Crippen molar-refractivity contribution in [3.8, 4) is 5.75 Å². The van der Waals surface area contributed by atoms with Gasteiger partial charge in [0, 0.05) is 70.0 Å². The number of benzene rings is 1. The van der Waals surface area contributed by atoms with Gasteiger partial charge in [-0.3, -0.25) is 28.8 Å². The molecule has 2 aliphatic rings. The zero-order valence-electron chi connectivity index (χ0n) is 34.1. The average molecular weight is 840 g/mol. The molecule has 2 aliphatic heterocycles. The number of primary amides is 2. The zero-order chi connectivity index (χ0) is 45.7. The predicted octanol–water partition coefficient (Wildman–Crippen LogP) is 3.76. The third-order valence-electron chi connectivity index (χ3n) is 9.64. The number of urea groups is 1. The van der Waals surface area contributed by atoms with Gasteiger partial charge in [-0.25, -0.2) is 4.79 Å². The Morgan fingerprint density at radius 1 is 0.689 bits per heavy atom. The molecule has 0 bridgehead atoms. The Labute approximate surface area is 350 Å². The van der Waals surface area contributed by atoms with Gasteiger partial charge < -0.3 is 57.8 Å². The van der Waals surface area contributed by atoms with Gasteiger partial charge in [-0.05, 0) is 105 Å².